The van der Waals surface area contributed by atoms with E-state index in [1.165, 1.54) is 12.1 Å². The highest BCUT2D eigenvalue weighted by atomic mass is 19.1. The predicted octanol–water partition coefficient (Wildman–Crippen LogP) is 3.83. The Labute approximate surface area is 169 Å². The summed E-state index contributed by atoms with van der Waals surface area (Å²) in [5, 5.41) is 2.89. The highest BCUT2D eigenvalue weighted by Gasteiger charge is 2.31. The maximum absolute atomic E-state index is 14.6. The molecule has 0 radical (unpaired) electrons. The monoisotopic (exact) mass is 404 g/mol. The van der Waals surface area contributed by atoms with Crippen molar-refractivity contribution < 1.29 is 18.3 Å². The van der Waals surface area contributed by atoms with Gasteiger partial charge in [-0.05, 0) is 39.7 Å². The molecule has 8 heteroatoms. The second-order valence-corrected chi connectivity index (χ2v) is 8.16. The van der Waals surface area contributed by atoms with Crippen LogP contribution in [0.4, 0.5) is 13.6 Å². The SMILES string of the molecule is CC(C)(C)OC(=O)NC1CCN(C(c2cnccn2)c2ccc(F)cc2F)CC1. The van der Waals surface area contributed by atoms with Crippen LogP contribution < -0.4 is 5.32 Å². The molecule has 1 atom stereocenters. The fourth-order valence-corrected chi connectivity index (χ4v) is 3.49. The number of hydrogen-bond acceptors (Lipinski definition) is 5. The van der Waals surface area contributed by atoms with Gasteiger partial charge in [0.15, 0.2) is 0 Å². The number of alkyl carbamates (subject to hydrolysis) is 1. The smallest absolute Gasteiger partial charge is 0.407 e. The lowest BCUT2D eigenvalue weighted by molar-refractivity contribution is 0.0471. The predicted molar refractivity (Wildman–Crippen MR) is 104 cm³/mol. The van der Waals surface area contributed by atoms with Crippen molar-refractivity contribution >= 4 is 6.09 Å². The minimum absolute atomic E-state index is 0.0262. The van der Waals surface area contributed by atoms with E-state index in [0.29, 0.717) is 37.2 Å². The summed E-state index contributed by atoms with van der Waals surface area (Å²) < 4.78 is 33.3. The summed E-state index contributed by atoms with van der Waals surface area (Å²) in [5.74, 6) is -1.24. The molecule has 156 valence electrons. The van der Waals surface area contributed by atoms with Gasteiger partial charge in [-0.3, -0.25) is 14.9 Å². The molecule has 0 saturated carbocycles. The Hall–Kier alpha value is -2.61. The number of carbonyl (C=O) groups is 1. The number of piperidine rings is 1. The van der Waals surface area contributed by atoms with Gasteiger partial charge in [-0.1, -0.05) is 6.07 Å². The van der Waals surface area contributed by atoms with Crippen molar-refractivity contribution in [2.24, 2.45) is 0 Å². The molecule has 3 rings (SSSR count). The Balaban J connectivity index is 1.73. The van der Waals surface area contributed by atoms with E-state index in [1.807, 2.05) is 20.8 Å². The Morgan fingerprint density at radius 3 is 2.55 bits per heavy atom. The average Bonchev–Trinajstić information content (AvgIpc) is 2.64. The van der Waals surface area contributed by atoms with Crippen LogP contribution in [0.5, 0.6) is 0 Å². The molecule has 0 bridgehead atoms. The number of halogens is 2. The summed E-state index contributed by atoms with van der Waals surface area (Å²) in [5.41, 5.74) is 0.393. The minimum atomic E-state index is -0.621. The molecule has 0 aliphatic carbocycles. The van der Waals surface area contributed by atoms with Gasteiger partial charge >= 0.3 is 6.09 Å². The number of nitrogens with zero attached hydrogens (tertiary/aromatic N) is 3. The van der Waals surface area contributed by atoms with Crippen LogP contribution in [-0.4, -0.2) is 45.7 Å². The first kappa shape index (κ1) is 21.1. The molecule has 1 N–H and O–H groups in total. The summed E-state index contributed by atoms with van der Waals surface area (Å²) in [7, 11) is 0. The molecule has 29 heavy (non-hydrogen) atoms. The van der Waals surface area contributed by atoms with Crippen LogP contribution in [0.1, 0.15) is 50.9 Å². The fraction of sp³-hybridized carbons (Fsp3) is 0.476. The molecule has 1 aliphatic heterocycles. The largest absolute Gasteiger partial charge is 0.444 e. The van der Waals surface area contributed by atoms with Crippen molar-refractivity contribution in [2.45, 2.75) is 51.3 Å². The second kappa shape index (κ2) is 8.82. The lowest BCUT2D eigenvalue weighted by atomic mass is 9.97. The van der Waals surface area contributed by atoms with Crippen LogP contribution in [0.3, 0.4) is 0 Å². The number of ether oxygens (including phenoxy) is 1. The molecule has 1 fully saturated rings. The molecular formula is C21H26F2N4O2. The number of aromatic nitrogens is 2. The zero-order chi connectivity index (χ0) is 21.0. The van der Waals surface area contributed by atoms with Gasteiger partial charge < -0.3 is 10.1 Å². The van der Waals surface area contributed by atoms with E-state index in [9.17, 15) is 13.6 Å². The van der Waals surface area contributed by atoms with Crippen LogP contribution in [0.25, 0.3) is 0 Å². The zero-order valence-corrected chi connectivity index (χ0v) is 16.9. The van der Waals surface area contributed by atoms with Gasteiger partial charge in [0.25, 0.3) is 0 Å². The van der Waals surface area contributed by atoms with E-state index >= 15 is 0 Å². The Morgan fingerprint density at radius 1 is 1.24 bits per heavy atom. The maximum atomic E-state index is 14.6. The van der Waals surface area contributed by atoms with E-state index in [4.69, 9.17) is 4.74 Å². The molecular weight excluding hydrogens is 378 g/mol. The first-order chi connectivity index (χ1) is 13.7. The van der Waals surface area contributed by atoms with Crippen molar-refractivity contribution in [2.75, 3.05) is 13.1 Å². The van der Waals surface area contributed by atoms with Gasteiger partial charge in [-0.15, -0.1) is 0 Å². The van der Waals surface area contributed by atoms with Gasteiger partial charge in [0.2, 0.25) is 0 Å². The van der Waals surface area contributed by atoms with Gasteiger partial charge in [-0.2, -0.15) is 0 Å². The fourth-order valence-electron chi connectivity index (χ4n) is 3.49. The van der Waals surface area contributed by atoms with E-state index < -0.39 is 29.4 Å². The Bertz CT molecular complexity index is 834. The Morgan fingerprint density at radius 2 is 1.97 bits per heavy atom. The summed E-state index contributed by atoms with van der Waals surface area (Å²) in [4.78, 5) is 22.5. The van der Waals surface area contributed by atoms with E-state index in [2.05, 4.69) is 20.2 Å². The number of hydrogen-bond donors (Lipinski definition) is 1. The van der Waals surface area contributed by atoms with Crippen molar-refractivity contribution in [1.29, 1.82) is 0 Å². The lowest BCUT2D eigenvalue weighted by Gasteiger charge is -2.37. The second-order valence-electron chi connectivity index (χ2n) is 8.16. The number of likely N-dealkylation sites (tertiary alicyclic amines) is 1. The lowest BCUT2D eigenvalue weighted by Crippen LogP contribution is -2.47. The quantitative estimate of drug-likeness (QED) is 0.839. The zero-order valence-electron chi connectivity index (χ0n) is 16.9. The normalized spacial score (nSPS) is 17.0. The van der Waals surface area contributed by atoms with E-state index in [1.54, 1.807) is 18.6 Å². The molecule has 1 aromatic heterocycles. The topological polar surface area (TPSA) is 67.3 Å². The standard InChI is InChI=1S/C21H26F2N4O2/c1-21(2,3)29-20(28)26-15-6-10-27(11-7-15)19(18-13-24-8-9-25-18)16-5-4-14(22)12-17(16)23/h4-5,8-9,12-13,15,19H,6-7,10-11H2,1-3H3,(H,26,28). The van der Waals surface area contributed by atoms with Crippen LogP contribution >= 0.6 is 0 Å². The van der Waals surface area contributed by atoms with Gasteiger partial charge in [0, 0.05) is 43.2 Å². The third-order valence-corrected chi connectivity index (χ3v) is 4.74. The molecule has 1 saturated heterocycles. The highest BCUT2D eigenvalue weighted by Crippen LogP contribution is 2.31. The molecule has 2 heterocycles. The molecule has 2 aromatic rings. The third-order valence-electron chi connectivity index (χ3n) is 4.74. The molecule has 1 aliphatic rings. The summed E-state index contributed by atoms with van der Waals surface area (Å²) >= 11 is 0. The van der Waals surface area contributed by atoms with Crippen LogP contribution in [0.15, 0.2) is 36.8 Å². The van der Waals surface area contributed by atoms with E-state index in [-0.39, 0.29) is 6.04 Å². The molecule has 1 unspecified atom stereocenters. The number of carbonyl (C=O) groups excluding carboxylic acids is 1. The molecule has 1 aromatic carbocycles. The van der Waals surface area contributed by atoms with Crippen molar-refractivity contribution in [1.82, 2.24) is 20.2 Å². The van der Waals surface area contributed by atoms with Crippen LogP contribution in [0.2, 0.25) is 0 Å². The summed E-state index contributed by atoms with van der Waals surface area (Å²) in [6, 6.07) is 3.08. The number of benzene rings is 1. The average molecular weight is 404 g/mol. The third kappa shape index (κ3) is 5.69. The van der Waals surface area contributed by atoms with Crippen molar-refractivity contribution in [3.63, 3.8) is 0 Å². The molecule has 1 amide bonds. The van der Waals surface area contributed by atoms with Gasteiger partial charge in [0.1, 0.15) is 17.2 Å². The van der Waals surface area contributed by atoms with Crippen molar-refractivity contribution in [3.05, 3.63) is 59.7 Å². The Kier molecular flexibility index (Phi) is 6.42. The number of amides is 1. The van der Waals surface area contributed by atoms with Gasteiger partial charge in [0.05, 0.1) is 17.9 Å². The highest BCUT2D eigenvalue weighted by molar-refractivity contribution is 5.68. The van der Waals surface area contributed by atoms with Crippen LogP contribution in [0, 0.1) is 11.6 Å². The van der Waals surface area contributed by atoms with Crippen LogP contribution in [-0.2, 0) is 4.74 Å². The first-order valence-corrected chi connectivity index (χ1v) is 9.67. The minimum Gasteiger partial charge on any atom is -0.444 e. The number of rotatable bonds is 4. The first-order valence-electron chi connectivity index (χ1n) is 9.67. The van der Waals surface area contributed by atoms with Gasteiger partial charge in [-0.25, -0.2) is 13.6 Å². The summed E-state index contributed by atoms with van der Waals surface area (Å²) in [6.07, 6.45) is 5.63. The van der Waals surface area contributed by atoms with E-state index in [0.717, 1.165) is 6.07 Å². The van der Waals surface area contributed by atoms with Crippen molar-refractivity contribution in [3.8, 4) is 0 Å². The number of nitrogens with one attached hydrogen (secondary N) is 1. The maximum Gasteiger partial charge on any atom is 0.407 e. The molecule has 6 nitrogen and oxygen atoms in total. The molecule has 0 spiro atoms. The summed E-state index contributed by atoms with van der Waals surface area (Å²) in [6.45, 7) is 6.67.